The standard InChI is InChI=1S/C17H27NO/c1-12-9-13(2)16(14(3)10-12)17(15(4)11-19)18-7-5-6-8-18/h9-10,15,17,19H,5-8,11H2,1-4H3. The smallest absolute Gasteiger partial charge is 0.0474 e. The van der Waals surface area contributed by atoms with Gasteiger partial charge in [-0.15, -0.1) is 0 Å². The summed E-state index contributed by atoms with van der Waals surface area (Å²) in [6.07, 6.45) is 2.58. The molecule has 0 spiro atoms. The number of benzene rings is 1. The maximum Gasteiger partial charge on any atom is 0.0474 e. The summed E-state index contributed by atoms with van der Waals surface area (Å²) < 4.78 is 0. The third kappa shape index (κ3) is 3.01. The first-order chi connectivity index (χ1) is 9.04. The third-order valence-electron chi connectivity index (χ3n) is 4.39. The predicted octanol–water partition coefficient (Wildman–Crippen LogP) is 3.38. The molecule has 0 aliphatic carbocycles. The lowest BCUT2D eigenvalue weighted by molar-refractivity contribution is 0.125. The molecule has 19 heavy (non-hydrogen) atoms. The average molecular weight is 261 g/mol. The number of nitrogens with zero attached hydrogens (tertiary/aromatic N) is 1. The van der Waals surface area contributed by atoms with Gasteiger partial charge in [0, 0.05) is 12.6 Å². The first kappa shape index (κ1) is 14.5. The van der Waals surface area contributed by atoms with Crippen LogP contribution in [0, 0.1) is 26.7 Å². The zero-order valence-electron chi connectivity index (χ0n) is 12.7. The number of hydrogen-bond acceptors (Lipinski definition) is 2. The minimum atomic E-state index is 0.258. The van der Waals surface area contributed by atoms with E-state index in [1.807, 2.05) is 0 Å². The van der Waals surface area contributed by atoms with Crippen LogP contribution in [0.5, 0.6) is 0 Å². The van der Waals surface area contributed by atoms with E-state index in [9.17, 15) is 5.11 Å². The lowest BCUT2D eigenvalue weighted by atomic mass is 9.86. The second kappa shape index (κ2) is 6.06. The zero-order valence-corrected chi connectivity index (χ0v) is 12.7. The SMILES string of the molecule is Cc1cc(C)c(C(C(C)CO)N2CCCC2)c(C)c1. The summed E-state index contributed by atoms with van der Waals surface area (Å²) in [6.45, 7) is 11.3. The molecule has 2 unspecified atom stereocenters. The topological polar surface area (TPSA) is 23.5 Å². The van der Waals surface area contributed by atoms with E-state index in [0.29, 0.717) is 12.0 Å². The highest BCUT2D eigenvalue weighted by Gasteiger charge is 2.30. The van der Waals surface area contributed by atoms with E-state index < -0.39 is 0 Å². The summed E-state index contributed by atoms with van der Waals surface area (Å²) >= 11 is 0. The Kier molecular flexibility index (Phi) is 4.64. The molecule has 0 amide bonds. The van der Waals surface area contributed by atoms with Crippen molar-refractivity contribution in [2.75, 3.05) is 19.7 Å². The number of aliphatic hydroxyl groups excluding tert-OH is 1. The summed E-state index contributed by atoms with van der Waals surface area (Å²) in [5, 5.41) is 9.64. The number of likely N-dealkylation sites (tertiary alicyclic amines) is 1. The van der Waals surface area contributed by atoms with Gasteiger partial charge in [-0.1, -0.05) is 24.6 Å². The van der Waals surface area contributed by atoms with Crippen LogP contribution in [-0.4, -0.2) is 29.7 Å². The highest BCUT2D eigenvalue weighted by molar-refractivity contribution is 5.40. The number of aliphatic hydroxyl groups is 1. The van der Waals surface area contributed by atoms with Gasteiger partial charge in [0.2, 0.25) is 0 Å². The Labute approximate surface area is 117 Å². The van der Waals surface area contributed by atoms with Gasteiger partial charge in [0.15, 0.2) is 0 Å². The van der Waals surface area contributed by atoms with Crippen molar-refractivity contribution in [2.45, 2.75) is 46.6 Å². The number of aryl methyl sites for hydroxylation is 3. The van der Waals surface area contributed by atoms with E-state index in [0.717, 1.165) is 0 Å². The van der Waals surface area contributed by atoms with Crippen LogP contribution >= 0.6 is 0 Å². The molecular weight excluding hydrogens is 234 g/mol. The Balaban J connectivity index is 2.42. The predicted molar refractivity (Wildman–Crippen MR) is 80.5 cm³/mol. The lowest BCUT2D eigenvalue weighted by Crippen LogP contribution is -2.33. The molecular formula is C17H27NO. The Hall–Kier alpha value is -0.860. The number of hydrogen-bond donors (Lipinski definition) is 1. The van der Waals surface area contributed by atoms with E-state index in [1.54, 1.807) is 0 Å². The zero-order chi connectivity index (χ0) is 14.0. The van der Waals surface area contributed by atoms with Crippen LogP contribution in [0.3, 0.4) is 0 Å². The largest absolute Gasteiger partial charge is 0.396 e. The molecule has 1 heterocycles. The van der Waals surface area contributed by atoms with Gasteiger partial charge >= 0.3 is 0 Å². The highest BCUT2D eigenvalue weighted by atomic mass is 16.3. The van der Waals surface area contributed by atoms with Gasteiger partial charge in [0.05, 0.1) is 0 Å². The van der Waals surface area contributed by atoms with E-state index in [4.69, 9.17) is 0 Å². The Morgan fingerprint density at radius 3 is 2.11 bits per heavy atom. The van der Waals surface area contributed by atoms with E-state index in [2.05, 4.69) is 44.7 Å². The van der Waals surface area contributed by atoms with Gasteiger partial charge in [-0.3, -0.25) is 4.90 Å². The van der Waals surface area contributed by atoms with Crippen molar-refractivity contribution in [2.24, 2.45) is 5.92 Å². The molecule has 1 N–H and O–H groups in total. The van der Waals surface area contributed by atoms with E-state index in [1.165, 1.54) is 48.2 Å². The molecule has 1 saturated heterocycles. The molecule has 0 radical (unpaired) electrons. The Morgan fingerprint density at radius 1 is 1.11 bits per heavy atom. The first-order valence-electron chi connectivity index (χ1n) is 7.47. The molecule has 1 aromatic rings. The Bertz CT molecular complexity index is 412. The van der Waals surface area contributed by atoms with Crippen LogP contribution in [0.1, 0.15) is 48.1 Å². The van der Waals surface area contributed by atoms with E-state index >= 15 is 0 Å². The van der Waals surface area contributed by atoms with Crippen molar-refractivity contribution in [1.82, 2.24) is 4.90 Å². The monoisotopic (exact) mass is 261 g/mol. The fraction of sp³-hybridized carbons (Fsp3) is 0.647. The molecule has 106 valence electrons. The van der Waals surface area contributed by atoms with Crippen molar-refractivity contribution in [3.05, 3.63) is 34.4 Å². The molecule has 0 aromatic heterocycles. The fourth-order valence-corrected chi connectivity index (χ4v) is 3.60. The molecule has 1 fully saturated rings. The number of rotatable bonds is 4. The molecule has 0 saturated carbocycles. The highest BCUT2D eigenvalue weighted by Crippen LogP contribution is 2.35. The van der Waals surface area contributed by atoms with Crippen LogP contribution in [0.25, 0.3) is 0 Å². The summed E-state index contributed by atoms with van der Waals surface area (Å²) in [4.78, 5) is 2.56. The summed E-state index contributed by atoms with van der Waals surface area (Å²) in [5.41, 5.74) is 5.51. The second-order valence-electron chi connectivity index (χ2n) is 6.16. The second-order valence-corrected chi connectivity index (χ2v) is 6.16. The first-order valence-corrected chi connectivity index (χ1v) is 7.47. The van der Waals surface area contributed by atoms with Crippen molar-refractivity contribution in [1.29, 1.82) is 0 Å². The van der Waals surface area contributed by atoms with Crippen molar-refractivity contribution < 1.29 is 5.11 Å². The summed E-state index contributed by atoms with van der Waals surface area (Å²) in [5.74, 6) is 0.290. The van der Waals surface area contributed by atoms with Crippen molar-refractivity contribution in [3.8, 4) is 0 Å². The van der Waals surface area contributed by atoms with Gasteiger partial charge in [-0.25, -0.2) is 0 Å². The molecule has 2 atom stereocenters. The maximum atomic E-state index is 9.64. The van der Waals surface area contributed by atoms with Crippen LogP contribution in [0.4, 0.5) is 0 Å². The van der Waals surface area contributed by atoms with Crippen molar-refractivity contribution in [3.63, 3.8) is 0 Å². The van der Waals surface area contributed by atoms with Gasteiger partial charge in [-0.05, 0) is 69.3 Å². The van der Waals surface area contributed by atoms with Crippen LogP contribution in [-0.2, 0) is 0 Å². The van der Waals surface area contributed by atoms with E-state index in [-0.39, 0.29) is 6.61 Å². The fourth-order valence-electron chi connectivity index (χ4n) is 3.60. The van der Waals surface area contributed by atoms with Gasteiger partial charge < -0.3 is 5.11 Å². The minimum Gasteiger partial charge on any atom is -0.396 e. The summed E-state index contributed by atoms with van der Waals surface area (Å²) in [6, 6.07) is 4.92. The normalized spacial score (nSPS) is 19.6. The quantitative estimate of drug-likeness (QED) is 0.898. The van der Waals surface area contributed by atoms with Crippen LogP contribution in [0.2, 0.25) is 0 Å². The van der Waals surface area contributed by atoms with Crippen molar-refractivity contribution >= 4 is 0 Å². The lowest BCUT2D eigenvalue weighted by Gasteiger charge is -2.34. The third-order valence-corrected chi connectivity index (χ3v) is 4.39. The molecule has 2 heteroatoms. The molecule has 2 rings (SSSR count). The van der Waals surface area contributed by atoms with Crippen LogP contribution < -0.4 is 0 Å². The van der Waals surface area contributed by atoms with Gasteiger partial charge in [-0.2, -0.15) is 0 Å². The average Bonchev–Trinajstić information content (AvgIpc) is 2.86. The van der Waals surface area contributed by atoms with Gasteiger partial charge in [0.25, 0.3) is 0 Å². The molecule has 1 aliphatic heterocycles. The molecule has 1 aliphatic rings. The molecule has 1 aromatic carbocycles. The summed E-state index contributed by atoms with van der Waals surface area (Å²) in [7, 11) is 0. The van der Waals surface area contributed by atoms with Crippen LogP contribution in [0.15, 0.2) is 12.1 Å². The minimum absolute atomic E-state index is 0.258. The van der Waals surface area contributed by atoms with Gasteiger partial charge in [0.1, 0.15) is 0 Å². The molecule has 2 nitrogen and oxygen atoms in total. The maximum absolute atomic E-state index is 9.64. The Morgan fingerprint density at radius 2 is 1.63 bits per heavy atom. The molecule has 0 bridgehead atoms.